The van der Waals surface area contributed by atoms with Gasteiger partial charge in [0.15, 0.2) is 0 Å². The molecule has 1 aliphatic rings. The minimum absolute atomic E-state index is 0.0146. The number of hydrogen-bond acceptors (Lipinski definition) is 6. The van der Waals surface area contributed by atoms with E-state index in [2.05, 4.69) is 20.0 Å². The van der Waals surface area contributed by atoms with Crippen LogP contribution in [0.2, 0.25) is 0 Å². The van der Waals surface area contributed by atoms with Crippen molar-refractivity contribution in [2.75, 3.05) is 25.1 Å². The van der Waals surface area contributed by atoms with E-state index in [0.29, 0.717) is 0 Å². The van der Waals surface area contributed by atoms with Crippen LogP contribution >= 0.6 is 0 Å². The second-order valence-corrected chi connectivity index (χ2v) is 6.89. The van der Waals surface area contributed by atoms with E-state index in [4.69, 9.17) is 5.73 Å². The minimum atomic E-state index is -3.35. The fraction of sp³-hybridized carbons (Fsp3) is 0.583. The van der Waals surface area contributed by atoms with Crippen LogP contribution in [0, 0.1) is 0 Å². The molecular formula is C12H19N5O3S. The van der Waals surface area contributed by atoms with E-state index in [-0.39, 0.29) is 23.9 Å². The molecule has 0 aromatic carbocycles. The number of rotatable bonds is 5. The van der Waals surface area contributed by atoms with Gasteiger partial charge in [-0.2, -0.15) is 0 Å². The van der Waals surface area contributed by atoms with Crippen molar-refractivity contribution in [2.45, 2.75) is 25.7 Å². The molecule has 1 heterocycles. The summed E-state index contributed by atoms with van der Waals surface area (Å²) >= 11 is 0. The van der Waals surface area contributed by atoms with Crippen LogP contribution in [-0.2, 0) is 22.9 Å². The van der Waals surface area contributed by atoms with Crippen molar-refractivity contribution in [2.24, 2.45) is 0 Å². The van der Waals surface area contributed by atoms with Crippen LogP contribution in [0.4, 0.5) is 5.95 Å². The zero-order chi connectivity index (χ0) is 15.5. The third-order valence-corrected chi connectivity index (χ3v) is 4.75. The summed E-state index contributed by atoms with van der Waals surface area (Å²) in [5.74, 6) is -0.518. The first kappa shape index (κ1) is 15.6. The van der Waals surface area contributed by atoms with E-state index in [1.165, 1.54) is 7.05 Å². The van der Waals surface area contributed by atoms with Crippen molar-refractivity contribution in [1.82, 2.24) is 20.0 Å². The summed E-state index contributed by atoms with van der Waals surface area (Å²) in [6.45, 7) is 0.0146. The number of carbonyl (C=O) groups excluding carboxylic acids is 1. The van der Waals surface area contributed by atoms with Crippen molar-refractivity contribution < 1.29 is 13.2 Å². The summed E-state index contributed by atoms with van der Waals surface area (Å²) in [4.78, 5) is 20.4. The lowest BCUT2D eigenvalue weighted by molar-refractivity contribution is 0.0949. The number of nitrogens with two attached hydrogens (primary N) is 1. The van der Waals surface area contributed by atoms with Crippen LogP contribution in [0.5, 0.6) is 0 Å². The Morgan fingerprint density at radius 1 is 1.29 bits per heavy atom. The summed E-state index contributed by atoms with van der Waals surface area (Å²) in [5, 5.41) is 2.56. The zero-order valence-electron chi connectivity index (χ0n) is 11.8. The molecule has 1 aliphatic carbocycles. The van der Waals surface area contributed by atoms with Gasteiger partial charge in [0.2, 0.25) is 16.0 Å². The van der Waals surface area contributed by atoms with Crippen molar-refractivity contribution in [3.05, 3.63) is 17.0 Å². The fourth-order valence-electron chi connectivity index (χ4n) is 2.29. The smallest absolute Gasteiger partial charge is 0.270 e. The molecular weight excluding hydrogens is 294 g/mol. The molecule has 1 aromatic heterocycles. The molecule has 0 atom stereocenters. The molecule has 4 N–H and O–H groups in total. The van der Waals surface area contributed by atoms with Crippen LogP contribution in [0.3, 0.4) is 0 Å². The van der Waals surface area contributed by atoms with Gasteiger partial charge >= 0.3 is 0 Å². The maximum Gasteiger partial charge on any atom is 0.270 e. The molecule has 0 bridgehead atoms. The second-order valence-electron chi connectivity index (χ2n) is 4.84. The molecule has 1 aromatic rings. The Bertz CT molecular complexity index is 645. The maximum absolute atomic E-state index is 12.2. The molecule has 116 valence electrons. The lowest BCUT2D eigenvalue weighted by Crippen LogP contribution is -2.34. The Hall–Kier alpha value is -1.74. The lowest BCUT2D eigenvalue weighted by Gasteiger charge is -2.17. The third-order valence-electron chi connectivity index (χ3n) is 3.38. The predicted molar refractivity (Wildman–Crippen MR) is 78.3 cm³/mol. The van der Waals surface area contributed by atoms with Gasteiger partial charge in [0.25, 0.3) is 5.91 Å². The maximum atomic E-state index is 12.2. The van der Waals surface area contributed by atoms with Gasteiger partial charge in [-0.1, -0.05) is 0 Å². The van der Waals surface area contributed by atoms with Crippen molar-refractivity contribution in [1.29, 1.82) is 0 Å². The highest BCUT2D eigenvalue weighted by atomic mass is 32.2. The molecule has 1 amide bonds. The van der Waals surface area contributed by atoms with Gasteiger partial charge in [-0.25, -0.2) is 23.1 Å². The molecule has 0 aliphatic heterocycles. The summed E-state index contributed by atoms with van der Waals surface area (Å²) in [5.41, 5.74) is 7.54. The Kier molecular flexibility index (Phi) is 4.73. The summed E-state index contributed by atoms with van der Waals surface area (Å²) in [6.07, 6.45) is 3.53. The number of carbonyl (C=O) groups is 1. The van der Waals surface area contributed by atoms with Crippen LogP contribution in [0.25, 0.3) is 0 Å². The number of nitrogen functional groups attached to an aromatic ring is 1. The van der Waals surface area contributed by atoms with Gasteiger partial charge in [0.1, 0.15) is 5.69 Å². The summed E-state index contributed by atoms with van der Waals surface area (Å²) in [6, 6.07) is 0. The fourth-order valence-corrected chi connectivity index (χ4v) is 2.86. The molecule has 0 saturated carbocycles. The molecule has 0 spiro atoms. The van der Waals surface area contributed by atoms with Crippen LogP contribution in [0.1, 0.15) is 34.6 Å². The van der Waals surface area contributed by atoms with E-state index in [9.17, 15) is 13.2 Å². The Balaban J connectivity index is 2.11. The number of sulfonamides is 1. The number of anilines is 1. The van der Waals surface area contributed by atoms with Gasteiger partial charge in [-0.05, 0) is 32.7 Å². The van der Waals surface area contributed by atoms with E-state index in [1.807, 2.05) is 0 Å². The summed E-state index contributed by atoms with van der Waals surface area (Å²) < 4.78 is 24.8. The van der Waals surface area contributed by atoms with Gasteiger partial charge in [-0.15, -0.1) is 0 Å². The van der Waals surface area contributed by atoms with Crippen molar-refractivity contribution in [3.63, 3.8) is 0 Å². The number of fused-ring (bicyclic) bond motifs is 1. The Morgan fingerprint density at radius 2 is 2.00 bits per heavy atom. The second kappa shape index (κ2) is 6.35. The first-order valence-corrected chi connectivity index (χ1v) is 8.43. The average Bonchev–Trinajstić information content (AvgIpc) is 2.46. The largest absolute Gasteiger partial charge is 0.368 e. The van der Waals surface area contributed by atoms with Crippen molar-refractivity contribution >= 4 is 21.9 Å². The number of amides is 1. The number of aromatic nitrogens is 2. The van der Waals surface area contributed by atoms with Gasteiger partial charge in [0, 0.05) is 17.8 Å². The van der Waals surface area contributed by atoms with E-state index in [0.717, 1.165) is 36.9 Å². The normalized spacial score (nSPS) is 14.5. The van der Waals surface area contributed by atoms with Gasteiger partial charge < -0.3 is 11.1 Å². The number of aryl methyl sites for hydroxylation is 1. The Labute approximate surface area is 123 Å². The summed E-state index contributed by atoms with van der Waals surface area (Å²) in [7, 11) is -2.01. The quantitative estimate of drug-likeness (QED) is 0.654. The highest BCUT2D eigenvalue weighted by molar-refractivity contribution is 7.89. The highest BCUT2D eigenvalue weighted by Gasteiger charge is 2.21. The average molecular weight is 313 g/mol. The van der Waals surface area contributed by atoms with E-state index < -0.39 is 15.9 Å². The number of hydrogen-bond donors (Lipinski definition) is 3. The van der Waals surface area contributed by atoms with Crippen LogP contribution < -0.4 is 15.8 Å². The topological polar surface area (TPSA) is 127 Å². The first-order chi connectivity index (χ1) is 9.93. The third kappa shape index (κ3) is 3.88. The molecule has 0 unspecified atom stereocenters. The molecule has 0 saturated heterocycles. The Morgan fingerprint density at radius 3 is 2.71 bits per heavy atom. The molecule has 21 heavy (non-hydrogen) atoms. The minimum Gasteiger partial charge on any atom is -0.368 e. The molecule has 9 heteroatoms. The molecule has 0 radical (unpaired) electrons. The lowest BCUT2D eigenvalue weighted by atomic mass is 9.94. The monoisotopic (exact) mass is 313 g/mol. The standard InChI is InChI=1S/C12H19N5O3S/c1-14-21(19,20)7-6-15-11(18)10-8-4-2-3-5-9(8)16-12(13)17-10/h14H,2-7H2,1H3,(H,15,18)(H2,13,16,17). The number of nitrogens with zero attached hydrogens (tertiary/aromatic N) is 2. The van der Waals surface area contributed by atoms with E-state index in [1.54, 1.807) is 0 Å². The highest BCUT2D eigenvalue weighted by Crippen LogP contribution is 2.22. The molecule has 8 nitrogen and oxygen atoms in total. The van der Waals surface area contributed by atoms with Crippen LogP contribution in [0.15, 0.2) is 0 Å². The predicted octanol–water partition coefficient (Wildman–Crippen LogP) is -0.783. The van der Waals surface area contributed by atoms with Crippen molar-refractivity contribution in [3.8, 4) is 0 Å². The molecule has 0 fully saturated rings. The van der Waals surface area contributed by atoms with E-state index >= 15 is 0 Å². The number of nitrogens with one attached hydrogen (secondary N) is 2. The van der Waals surface area contributed by atoms with Crippen LogP contribution in [-0.4, -0.2) is 43.6 Å². The van der Waals surface area contributed by atoms with Gasteiger partial charge in [0.05, 0.1) is 5.75 Å². The SMILES string of the molecule is CNS(=O)(=O)CCNC(=O)c1nc(N)nc2c1CCCC2. The first-order valence-electron chi connectivity index (χ1n) is 6.77. The zero-order valence-corrected chi connectivity index (χ0v) is 12.7. The molecule has 2 rings (SSSR count). The van der Waals surface area contributed by atoms with Gasteiger partial charge in [-0.3, -0.25) is 4.79 Å².